The van der Waals surface area contributed by atoms with Crippen LogP contribution in [0, 0.1) is 5.92 Å². The molecule has 1 aromatic rings. The number of nitrogens with two attached hydrogens (primary N) is 2. The molecule has 1 aliphatic rings. The highest BCUT2D eigenvalue weighted by Crippen LogP contribution is 2.17. The van der Waals surface area contributed by atoms with E-state index in [2.05, 4.69) is 15.3 Å². The highest BCUT2D eigenvalue weighted by molar-refractivity contribution is 5.93. The normalized spacial score (nSPS) is 19.6. The highest BCUT2D eigenvalue weighted by Gasteiger charge is 2.24. The van der Waals surface area contributed by atoms with E-state index in [-0.39, 0.29) is 17.7 Å². The standard InChI is InChI=1S/C13H19N5O2/c14-12(19)10-2-1-5-18(7-10)8-11-4-3-9(6-16-11)13(20)17-15/h3-4,6,10H,1-2,5,7-8,15H2,(H2,14,19)(H,17,20). The van der Waals surface area contributed by atoms with Crippen molar-refractivity contribution in [2.75, 3.05) is 13.1 Å². The van der Waals surface area contributed by atoms with Crippen LogP contribution in [0.5, 0.6) is 0 Å². The Balaban J connectivity index is 1.96. The summed E-state index contributed by atoms with van der Waals surface area (Å²) in [6.07, 6.45) is 3.31. The second kappa shape index (κ2) is 6.44. The van der Waals surface area contributed by atoms with Gasteiger partial charge in [-0.2, -0.15) is 0 Å². The number of nitrogen functional groups attached to an aromatic ring is 1. The summed E-state index contributed by atoms with van der Waals surface area (Å²) in [5.41, 5.74) is 8.69. The third kappa shape index (κ3) is 3.52. The van der Waals surface area contributed by atoms with Gasteiger partial charge in [-0.3, -0.25) is 24.9 Å². The predicted octanol–water partition coefficient (Wildman–Crippen LogP) is -0.618. The topological polar surface area (TPSA) is 114 Å². The molecule has 7 heteroatoms. The summed E-state index contributed by atoms with van der Waals surface area (Å²) >= 11 is 0. The van der Waals surface area contributed by atoms with Gasteiger partial charge in [0.05, 0.1) is 17.2 Å². The van der Waals surface area contributed by atoms with Gasteiger partial charge in [0.15, 0.2) is 0 Å². The number of hydrazine groups is 1. The van der Waals surface area contributed by atoms with E-state index in [4.69, 9.17) is 11.6 Å². The van der Waals surface area contributed by atoms with Crippen molar-refractivity contribution in [2.45, 2.75) is 19.4 Å². The van der Waals surface area contributed by atoms with Crippen molar-refractivity contribution < 1.29 is 9.59 Å². The van der Waals surface area contributed by atoms with Crippen LogP contribution in [-0.2, 0) is 11.3 Å². The Morgan fingerprint density at radius 1 is 1.45 bits per heavy atom. The molecule has 1 unspecified atom stereocenters. The Labute approximate surface area is 117 Å². The summed E-state index contributed by atoms with van der Waals surface area (Å²) in [6, 6.07) is 3.47. The third-order valence-corrected chi connectivity index (χ3v) is 3.51. The number of rotatable bonds is 4. The molecule has 2 rings (SSSR count). The van der Waals surface area contributed by atoms with Gasteiger partial charge in [0, 0.05) is 19.3 Å². The summed E-state index contributed by atoms with van der Waals surface area (Å²) in [4.78, 5) is 28.9. The Morgan fingerprint density at radius 3 is 2.85 bits per heavy atom. The minimum atomic E-state index is -0.365. The van der Waals surface area contributed by atoms with E-state index in [0.29, 0.717) is 18.7 Å². The van der Waals surface area contributed by atoms with E-state index in [1.807, 2.05) is 0 Å². The van der Waals surface area contributed by atoms with Crippen LogP contribution in [0.1, 0.15) is 28.9 Å². The molecule has 1 fully saturated rings. The number of hydrogen-bond acceptors (Lipinski definition) is 5. The number of piperidine rings is 1. The van der Waals surface area contributed by atoms with Gasteiger partial charge >= 0.3 is 0 Å². The van der Waals surface area contributed by atoms with E-state index in [1.165, 1.54) is 6.20 Å². The van der Waals surface area contributed by atoms with Crippen molar-refractivity contribution in [1.82, 2.24) is 15.3 Å². The molecule has 108 valence electrons. The fourth-order valence-corrected chi connectivity index (χ4v) is 2.40. The number of primary amides is 1. The maximum Gasteiger partial charge on any atom is 0.266 e. The third-order valence-electron chi connectivity index (χ3n) is 3.51. The average Bonchev–Trinajstić information content (AvgIpc) is 2.47. The van der Waals surface area contributed by atoms with E-state index in [0.717, 1.165) is 25.1 Å². The van der Waals surface area contributed by atoms with Gasteiger partial charge in [-0.1, -0.05) is 0 Å². The molecule has 1 saturated heterocycles. The molecule has 1 aromatic heterocycles. The van der Waals surface area contributed by atoms with E-state index >= 15 is 0 Å². The second-order valence-electron chi connectivity index (χ2n) is 4.99. The quantitative estimate of drug-likeness (QED) is 0.385. The summed E-state index contributed by atoms with van der Waals surface area (Å²) in [5, 5.41) is 0. The lowest BCUT2D eigenvalue weighted by Crippen LogP contribution is -2.40. The Hall–Kier alpha value is -1.99. The maximum absolute atomic E-state index is 11.3. The van der Waals surface area contributed by atoms with Crippen molar-refractivity contribution >= 4 is 11.8 Å². The van der Waals surface area contributed by atoms with Crippen LogP contribution >= 0.6 is 0 Å². The predicted molar refractivity (Wildman–Crippen MR) is 73.1 cm³/mol. The Bertz CT molecular complexity index is 488. The number of carbonyl (C=O) groups excluding carboxylic acids is 2. The molecule has 0 bridgehead atoms. The van der Waals surface area contributed by atoms with Crippen LogP contribution in [0.15, 0.2) is 18.3 Å². The molecule has 0 saturated carbocycles. The van der Waals surface area contributed by atoms with Crippen LogP contribution in [0.2, 0.25) is 0 Å². The number of amides is 2. The molecular weight excluding hydrogens is 258 g/mol. The van der Waals surface area contributed by atoms with Crippen LogP contribution in [0.4, 0.5) is 0 Å². The van der Waals surface area contributed by atoms with Crippen molar-refractivity contribution in [3.63, 3.8) is 0 Å². The minimum Gasteiger partial charge on any atom is -0.369 e. The summed E-state index contributed by atoms with van der Waals surface area (Å²) in [5.74, 6) is 4.37. The van der Waals surface area contributed by atoms with Gasteiger partial charge < -0.3 is 5.73 Å². The summed E-state index contributed by atoms with van der Waals surface area (Å²) in [6.45, 7) is 2.24. The SMILES string of the molecule is NNC(=O)c1ccc(CN2CCCC(C(N)=O)C2)nc1. The van der Waals surface area contributed by atoms with Crippen LogP contribution in [-0.4, -0.2) is 34.8 Å². The van der Waals surface area contributed by atoms with Gasteiger partial charge in [0.25, 0.3) is 5.91 Å². The van der Waals surface area contributed by atoms with Crippen LogP contribution in [0.25, 0.3) is 0 Å². The summed E-state index contributed by atoms with van der Waals surface area (Å²) < 4.78 is 0. The van der Waals surface area contributed by atoms with Crippen LogP contribution < -0.4 is 17.0 Å². The molecule has 20 heavy (non-hydrogen) atoms. The lowest BCUT2D eigenvalue weighted by Gasteiger charge is -2.30. The number of aromatic nitrogens is 1. The molecule has 1 atom stereocenters. The first-order chi connectivity index (χ1) is 9.60. The lowest BCUT2D eigenvalue weighted by atomic mass is 9.97. The first-order valence-electron chi connectivity index (χ1n) is 6.57. The molecule has 0 radical (unpaired) electrons. The van der Waals surface area contributed by atoms with Crippen molar-refractivity contribution in [2.24, 2.45) is 17.5 Å². The molecule has 1 aliphatic heterocycles. The molecule has 0 spiro atoms. The fraction of sp³-hybridized carbons (Fsp3) is 0.462. The molecule has 0 aromatic carbocycles. The number of pyridine rings is 1. The van der Waals surface area contributed by atoms with Gasteiger partial charge in [0.2, 0.25) is 5.91 Å². The van der Waals surface area contributed by atoms with Gasteiger partial charge in [-0.25, -0.2) is 5.84 Å². The first-order valence-corrected chi connectivity index (χ1v) is 6.57. The zero-order valence-corrected chi connectivity index (χ0v) is 11.2. The Morgan fingerprint density at radius 2 is 2.25 bits per heavy atom. The van der Waals surface area contributed by atoms with Crippen molar-refractivity contribution in [1.29, 1.82) is 0 Å². The fourth-order valence-electron chi connectivity index (χ4n) is 2.40. The average molecular weight is 277 g/mol. The molecule has 7 nitrogen and oxygen atoms in total. The van der Waals surface area contributed by atoms with Gasteiger partial charge in [0.1, 0.15) is 0 Å². The van der Waals surface area contributed by atoms with Crippen molar-refractivity contribution in [3.05, 3.63) is 29.6 Å². The largest absolute Gasteiger partial charge is 0.369 e. The number of nitrogens with one attached hydrogen (secondary N) is 1. The second-order valence-corrected chi connectivity index (χ2v) is 4.99. The van der Waals surface area contributed by atoms with Gasteiger partial charge in [-0.15, -0.1) is 0 Å². The van der Waals surface area contributed by atoms with Crippen molar-refractivity contribution in [3.8, 4) is 0 Å². The molecule has 5 N–H and O–H groups in total. The lowest BCUT2D eigenvalue weighted by molar-refractivity contribution is -0.123. The molecule has 2 heterocycles. The zero-order chi connectivity index (χ0) is 14.5. The monoisotopic (exact) mass is 277 g/mol. The van der Waals surface area contributed by atoms with E-state index in [1.54, 1.807) is 12.1 Å². The smallest absolute Gasteiger partial charge is 0.266 e. The highest BCUT2D eigenvalue weighted by atomic mass is 16.2. The number of carbonyl (C=O) groups is 2. The maximum atomic E-state index is 11.3. The molecule has 0 aliphatic carbocycles. The minimum absolute atomic E-state index is 0.0777. The van der Waals surface area contributed by atoms with E-state index < -0.39 is 0 Å². The molecular formula is C13H19N5O2. The number of hydrogen-bond donors (Lipinski definition) is 3. The molecule has 2 amide bonds. The van der Waals surface area contributed by atoms with E-state index in [9.17, 15) is 9.59 Å². The van der Waals surface area contributed by atoms with Crippen LogP contribution in [0.3, 0.4) is 0 Å². The Kier molecular flexibility index (Phi) is 4.65. The first kappa shape index (κ1) is 14.4. The number of nitrogens with zero attached hydrogens (tertiary/aromatic N) is 2. The number of likely N-dealkylation sites (tertiary alicyclic amines) is 1. The van der Waals surface area contributed by atoms with Gasteiger partial charge in [-0.05, 0) is 31.5 Å². The summed E-state index contributed by atoms with van der Waals surface area (Å²) in [7, 11) is 0. The zero-order valence-electron chi connectivity index (χ0n) is 11.2.